The number of para-hydroxylation sites is 1. The van der Waals surface area contributed by atoms with Crippen LogP contribution in [0.1, 0.15) is 12.6 Å². The van der Waals surface area contributed by atoms with Gasteiger partial charge in [0.1, 0.15) is 27.4 Å². The van der Waals surface area contributed by atoms with E-state index in [-0.39, 0.29) is 63.7 Å². The molecule has 246 valence electrons. The molecule has 0 bridgehead atoms. The van der Waals surface area contributed by atoms with Crippen molar-refractivity contribution < 1.29 is 52.4 Å². The van der Waals surface area contributed by atoms with E-state index in [2.05, 4.69) is 10.3 Å². The van der Waals surface area contributed by atoms with Crippen molar-refractivity contribution in [3.8, 4) is 11.4 Å². The molecule has 0 aliphatic rings. The Bertz CT molecular complexity index is 2150. The molecule has 18 heteroatoms. The Morgan fingerprint density at radius 1 is 0.957 bits per heavy atom. The number of nitrogens with one attached hydrogen (secondary N) is 1. The molecule has 0 spiro atoms. The van der Waals surface area contributed by atoms with E-state index in [1.807, 2.05) is 6.07 Å². The number of rotatable bonds is 5. The average molecular weight is 679 g/mol. The molecule has 0 aliphatic heterocycles. The van der Waals surface area contributed by atoms with Gasteiger partial charge >= 0.3 is 35.2 Å². The number of carbonyl (C=O) groups is 1. The molecule has 0 unspecified atom stereocenters. The monoisotopic (exact) mass is 678 g/mol. The number of benzene rings is 2. The minimum atomic E-state index is -4.45. The molecule has 47 heavy (non-hydrogen) atoms. The van der Waals surface area contributed by atoms with E-state index in [0.717, 1.165) is 4.57 Å². The van der Waals surface area contributed by atoms with Crippen molar-refractivity contribution in [3.63, 3.8) is 0 Å². The largest absolute Gasteiger partial charge is 1.00 e. The second kappa shape index (κ2) is 15.9. The number of phenolic OH excluding ortho intramolecular Hbond substituents is 1. The van der Waals surface area contributed by atoms with E-state index < -0.39 is 16.0 Å². The third-order valence-electron chi connectivity index (χ3n) is 6.76. The Morgan fingerprint density at radius 2 is 1.53 bits per heavy atom. The van der Waals surface area contributed by atoms with Crippen molar-refractivity contribution in [1.82, 2.24) is 28.0 Å². The van der Waals surface area contributed by atoms with Crippen LogP contribution in [0.3, 0.4) is 0 Å². The van der Waals surface area contributed by atoms with E-state index in [0.29, 0.717) is 28.2 Å². The van der Waals surface area contributed by atoms with E-state index in [9.17, 15) is 32.1 Å². The van der Waals surface area contributed by atoms with Gasteiger partial charge in [-0.2, -0.15) is 0 Å². The number of nitrogens with zero attached hydrogens (tertiary/aromatic N) is 7. The number of fused-ring (bicyclic) bond motifs is 1. The summed E-state index contributed by atoms with van der Waals surface area (Å²) in [5, 5.41) is 11.5. The third-order valence-corrected chi connectivity index (χ3v) is 7.47. The van der Waals surface area contributed by atoms with Crippen LogP contribution in [0, 0.1) is 6.92 Å². The maximum atomic E-state index is 12.5. The third kappa shape index (κ3) is 9.32. The summed E-state index contributed by atoms with van der Waals surface area (Å²) in [5.74, 6) is -0.670. The van der Waals surface area contributed by atoms with Gasteiger partial charge in [0.15, 0.2) is 11.2 Å². The standard InChI is InChI=1S/C13H17N3O4S.C8H10N4O2.C8H9NO2.Na/c1-10-12(14(2)9-21(18,19)20)13(17)16(15(10)3)11-7-5-4-6-8-11;1-10-4-9-6-5(10)7(13)12(3)8(14)11(6)2;1-6(10)9-7-2-4-8(11)5-3-7;/h4-8H,9H2,1-3H3,(H,18,19,20);4H,1-3H3;2-5,11H,1H3,(H,9,10);/q;;;+1/p-1. The molecule has 2 N–H and O–H groups in total. The molecule has 3 aromatic heterocycles. The van der Waals surface area contributed by atoms with Gasteiger partial charge in [0.05, 0.1) is 17.7 Å². The van der Waals surface area contributed by atoms with Crippen LogP contribution in [0.2, 0.25) is 0 Å². The van der Waals surface area contributed by atoms with Gasteiger partial charge < -0.3 is 24.4 Å². The van der Waals surface area contributed by atoms with E-state index in [4.69, 9.17) is 5.11 Å². The number of hydrogen-bond acceptors (Lipinski definition) is 10. The molecule has 16 nitrogen and oxygen atoms in total. The fourth-order valence-corrected chi connectivity index (χ4v) is 5.12. The summed E-state index contributed by atoms with van der Waals surface area (Å²) in [6.45, 7) is 3.14. The molecule has 5 rings (SSSR count). The molecule has 0 atom stereocenters. The Hall–Kier alpha value is -4.42. The van der Waals surface area contributed by atoms with Crippen molar-refractivity contribution in [2.24, 2.45) is 28.2 Å². The van der Waals surface area contributed by atoms with Crippen LogP contribution < -0.4 is 56.6 Å². The van der Waals surface area contributed by atoms with E-state index >= 15 is 0 Å². The molecule has 0 saturated carbocycles. The zero-order valence-electron chi connectivity index (χ0n) is 27.3. The number of hydrogen-bond donors (Lipinski definition) is 2. The second-order valence-corrected chi connectivity index (χ2v) is 11.6. The number of aromatic nitrogens is 6. The van der Waals surface area contributed by atoms with Crippen molar-refractivity contribution in [3.05, 3.63) is 97.8 Å². The molecular formula is C29H35N8NaO8S. The van der Waals surface area contributed by atoms with Crippen LogP contribution in [0.15, 0.2) is 75.3 Å². The molecule has 1 amide bonds. The zero-order valence-corrected chi connectivity index (χ0v) is 30.1. The summed E-state index contributed by atoms with van der Waals surface area (Å²) in [7, 11) is 3.43. The van der Waals surface area contributed by atoms with Crippen molar-refractivity contribution in [1.29, 1.82) is 0 Å². The number of carbonyl (C=O) groups excluding carboxylic acids is 1. The van der Waals surface area contributed by atoms with Gasteiger partial charge in [-0.3, -0.25) is 28.2 Å². The van der Waals surface area contributed by atoms with Gasteiger partial charge in [-0.15, -0.1) is 0 Å². The number of imidazole rings is 1. The van der Waals surface area contributed by atoms with Crippen molar-refractivity contribution in [2.45, 2.75) is 13.8 Å². The first-order valence-corrected chi connectivity index (χ1v) is 15.1. The zero-order chi connectivity index (χ0) is 34.5. The average Bonchev–Trinajstić information content (AvgIpc) is 3.47. The van der Waals surface area contributed by atoms with Gasteiger partial charge in [-0.05, 0) is 43.3 Å². The number of phenols is 1. The smallest absolute Gasteiger partial charge is 0.747 e. The van der Waals surface area contributed by atoms with Crippen LogP contribution in [-0.2, 0) is 43.1 Å². The van der Waals surface area contributed by atoms with Gasteiger partial charge in [-0.1, -0.05) is 18.2 Å². The van der Waals surface area contributed by atoms with Crippen molar-refractivity contribution >= 4 is 38.6 Å². The Kier molecular flexibility index (Phi) is 13.1. The predicted octanol–water partition coefficient (Wildman–Crippen LogP) is -2.25. The normalized spacial score (nSPS) is 10.6. The summed E-state index contributed by atoms with van der Waals surface area (Å²) in [5.41, 5.74) is 1.94. The summed E-state index contributed by atoms with van der Waals surface area (Å²) < 4.78 is 39.8. The Balaban J connectivity index is 0.000000257. The van der Waals surface area contributed by atoms with Crippen LogP contribution in [0.25, 0.3) is 16.9 Å². The number of aryl methyl sites for hydroxylation is 2. The fraction of sp³-hybridized carbons (Fsp3) is 0.276. The molecule has 0 fully saturated rings. The van der Waals surface area contributed by atoms with Gasteiger partial charge in [0.2, 0.25) is 5.91 Å². The van der Waals surface area contributed by atoms with E-state index in [1.54, 1.807) is 73.7 Å². The van der Waals surface area contributed by atoms with Crippen LogP contribution in [0.4, 0.5) is 11.4 Å². The maximum absolute atomic E-state index is 12.5. The van der Waals surface area contributed by atoms with Crippen molar-refractivity contribution in [2.75, 3.05) is 23.1 Å². The minimum Gasteiger partial charge on any atom is -0.747 e. The quantitative estimate of drug-likeness (QED) is 0.116. The number of amides is 1. The maximum Gasteiger partial charge on any atom is 1.00 e. The summed E-state index contributed by atoms with van der Waals surface area (Å²) in [6, 6.07) is 15.3. The number of anilines is 2. The Labute approximate surface area is 292 Å². The van der Waals surface area contributed by atoms with Crippen LogP contribution >= 0.6 is 0 Å². The Morgan fingerprint density at radius 3 is 2.06 bits per heavy atom. The fourth-order valence-electron chi connectivity index (χ4n) is 4.51. The SMILES string of the molecule is CC(=O)Nc1ccc(O)cc1.Cc1c(N(C)CS(=O)(=O)[O-])c(=O)n(-c2ccccc2)n1C.Cn1c(=O)c2c(ncn2C)n(C)c1=O.[Na+]. The second-order valence-electron chi connectivity index (χ2n) is 10.3. The topological polar surface area (TPSA) is 199 Å². The minimum absolute atomic E-state index is 0. The summed E-state index contributed by atoms with van der Waals surface area (Å²) in [4.78, 5) is 51.4. The van der Waals surface area contributed by atoms with E-state index in [1.165, 1.54) is 53.6 Å². The van der Waals surface area contributed by atoms with Crippen LogP contribution in [0.5, 0.6) is 5.75 Å². The number of aromatic hydroxyl groups is 1. The van der Waals surface area contributed by atoms with Gasteiger partial charge in [0, 0.05) is 47.8 Å². The summed E-state index contributed by atoms with van der Waals surface area (Å²) in [6.07, 6.45) is 1.52. The molecule has 3 heterocycles. The molecule has 2 aromatic carbocycles. The first-order chi connectivity index (χ1) is 21.4. The molecule has 0 saturated heterocycles. The first-order valence-electron chi connectivity index (χ1n) is 13.6. The van der Waals surface area contributed by atoms with Gasteiger partial charge in [-0.25, -0.2) is 22.9 Å². The molecular weight excluding hydrogens is 643 g/mol. The molecule has 5 aromatic rings. The summed E-state index contributed by atoms with van der Waals surface area (Å²) >= 11 is 0. The van der Waals surface area contributed by atoms with Gasteiger partial charge in [0.25, 0.3) is 11.1 Å². The van der Waals surface area contributed by atoms with Crippen LogP contribution in [-0.4, -0.2) is 65.0 Å². The molecule has 0 aliphatic carbocycles. The first kappa shape index (κ1) is 38.8. The predicted molar refractivity (Wildman–Crippen MR) is 172 cm³/mol. The molecule has 0 radical (unpaired) electrons.